The van der Waals surface area contributed by atoms with Crippen LogP contribution in [0.25, 0.3) is 0 Å². The third-order valence-corrected chi connectivity index (χ3v) is 0.730. The Morgan fingerprint density at radius 1 is 1.33 bits per heavy atom. The predicted molar refractivity (Wildman–Crippen MR) is 38.5 cm³/mol. The monoisotopic (exact) mass is 178 g/mol. The van der Waals surface area contributed by atoms with Crippen molar-refractivity contribution in [2.45, 2.75) is 20.0 Å². The van der Waals surface area contributed by atoms with E-state index >= 15 is 0 Å². The molecule has 0 saturated carbocycles. The van der Waals surface area contributed by atoms with Gasteiger partial charge in [0.15, 0.2) is 0 Å². The van der Waals surface area contributed by atoms with E-state index in [9.17, 15) is 13.2 Å². The minimum atomic E-state index is -4.00. The normalized spacial score (nSPS) is 10.1. The van der Waals surface area contributed by atoms with Crippen LogP contribution in [0, 0.1) is 6.92 Å². The second-order valence-corrected chi connectivity index (χ2v) is 2.13. The summed E-state index contributed by atoms with van der Waals surface area (Å²) >= 11 is 0. The smallest absolute Gasteiger partial charge is 0.245 e. The van der Waals surface area contributed by atoms with Gasteiger partial charge in [0.25, 0.3) is 0 Å². The lowest BCUT2D eigenvalue weighted by Gasteiger charge is -1.88. The van der Waals surface area contributed by atoms with Crippen LogP contribution in [0.3, 0.4) is 0 Å². The van der Waals surface area contributed by atoms with E-state index in [1.54, 1.807) is 6.20 Å². The van der Waals surface area contributed by atoms with Crippen molar-refractivity contribution in [2.75, 3.05) is 0 Å². The lowest BCUT2D eigenvalue weighted by atomic mass is 10.5. The zero-order valence-corrected chi connectivity index (χ0v) is 6.76. The maximum atomic E-state index is 10.4. The molecule has 0 aliphatic rings. The topological polar surface area (TPSA) is 25.8 Å². The molecule has 0 amide bonds. The van der Waals surface area contributed by atoms with Gasteiger partial charge in [0.2, 0.25) is 0 Å². The van der Waals surface area contributed by atoms with Crippen molar-refractivity contribution >= 4 is 0 Å². The van der Waals surface area contributed by atoms with Crippen LogP contribution in [0.15, 0.2) is 18.6 Å². The zero-order valence-electron chi connectivity index (χ0n) is 6.76. The maximum Gasteiger partial charge on any atom is 0.386 e. The lowest BCUT2D eigenvalue weighted by Crippen LogP contribution is -1.95. The minimum Gasteiger partial charge on any atom is -0.245 e. The highest BCUT2D eigenvalue weighted by atomic mass is 19.4. The summed E-state index contributed by atoms with van der Waals surface area (Å²) in [5, 5.41) is 0. The van der Waals surface area contributed by atoms with E-state index in [1.165, 1.54) is 6.33 Å². The lowest BCUT2D eigenvalue weighted by molar-refractivity contribution is -0.110. The number of aromatic nitrogens is 2. The number of alkyl halides is 3. The third kappa shape index (κ3) is 11.6. The van der Waals surface area contributed by atoms with Crippen LogP contribution < -0.4 is 0 Å². The van der Waals surface area contributed by atoms with Crippen LogP contribution in [-0.4, -0.2) is 16.1 Å². The van der Waals surface area contributed by atoms with Crippen molar-refractivity contribution in [3.8, 4) is 0 Å². The quantitative estimate of drug-likeness (QED) is 0.609. The summed E-state index contributed by atoms with van der Waals surface area (Å²) in [6.45, 7) is 2.12. The second-order valence-electron chi connectivity index (χ2n) is 2.13. The first-order valence-electron chi connectivity index (χ1n) is 3.19. The van der Waals surface area contributed by atoms with Crippen LogP contribution in [0.2, 0.25) is 0 Å². The molecule has 0 spiro atoms. The molecule has 1 heterocycles. The van der Waals surface area contributed by atoms with Crippen LogP contribution in [0.5, 0.6) is 0 Å². The summed E-state index contributed by atoms with van der Waals surface area (Å²) in [4.78, 5) is 7.60. The van der Waals surface area contributed by atoms with Gasteiger partial charge in [0, 0.05) is 18.8 Å². The van der Waals surface area contributed by atoms with Crippen molar-refractivity contribution in [3.05, 3.63) is 24.3 Å². The van der Waals surface area contributed by atoms with Crippen LogP contribution in [-0.2, 0) is 0 Å². The van der Waals surface area contributed by atoms with Crippen molar-refractivity contribution in [1.82, 2.24) is 9.97 Å². The largest absolute Gasteiger partial charge is 0.386 e. The maximum absolute atomic E-state index is 10.4. The number of hydrogen-bond donors (Lipinski definition) is 0. The SMILES string of the molecule is CC(F)(F)F.Cc1ccncn1. The number of rotatable bonds is 0. The fourth-order valence-corrected chi connectivity index (χ4v) is 0.357. The molecule has 1 aromatic rings. The molecule has 0 fully saturated rings. The molecule has 0 bridgehead atoms. The van der Waals surface area contributed by atoms with E-state index in [-0.39, 0.29) is 6.92 Å². The molecule has 12 heavy (non-hydrogen) atoms. The summed E-state index contributed by atoms with van der Waals surface area (Å²) < 4.78 is 31.1. The Balaban J connectivity index is 0.000000217. The van der Waals surface area contributed by atoms with Crippen molar-refractivity contribution in [1.29, 1.82) is 0 Å². The predicted octanol–water partition coefficient (Wildman–Crippen LogP) is 2.35. The van der Waals surface area contributed by atoms with Crippen molar-refractivity contribution in [2.24, 2.45) is 0 Å². The van der Waals surface area contributed by atoms with E-state index in [0.29, 0.717) is 0 Å². The number of halogens is 3. The highest BCUT2D eigenvalue weighted by Crippen LogP contribution is 2.10. The summed E-state index contributed by atoms with van der Waals surface area (Å²) in [7, 11) is 0. The van der Waals surface area contributed by atoms with E-state index in [1.807, 2.05) is 13.0 Å². The van der Waals surface area contributed by atoms with E-state index in [4.69, 9.17) is 0 Å². The van der Waals surface area contributed by atoms with Crippen LogP contribution >= 0.6 is 0 Å². The molecule has 0 saturated heterocycles. The zero-order chi connectivity index (χ0) is 9.61. The van der Waals surface area contributed by atoms with Gasteiger partial charge in [-0.25, -0.2) is 9.97 Å². The second kappa shape index (κ2) is 4.69. The van der Waals surface area contributed by atoms with Gasteiger partial charge in [0.05, 0.1) is 0 Å². The summed E-state index contributed by atoms with van der Waals surface area (Å²) in [6, 6.07) is 1.86. The van der Waals surface area contributed by atoms with Gasteiger partial charge in [-0.15, -0.1) is 0 Å². The van der Waals surface area contributed by atoms with E-state index < -0.39 is 6.18 Å². The van der Waals surface area contributed by atoms with E-state index in [0.717, 1.165) is 5.69 Å². The highest BCUT2D eigenvalue weighted by molar-refractivity contribution is 4.92. The van der Waals surface area contributed by atoms with Crippen molar-refractivity contribution < 1.29 is 13.2 Å². The molecule has 0 atom stereocenters. The standard InChI is InChI=1S/C5H6N2.C2H3F3/c1-5-2-3-6-4-7-5;1-2(3,4)5/h2-4H,1H3;1H3. The molecular formula is C7H9F3N2. The van der Waals surface area contributed by atoms with Crippen molar-refractivity contribution in [3.63, 3.8) is 0 Å². The molecule has 0 aromatic carbocycles. The average Bonchev–Trinajstić information content (AvgIpc) is 1.85. The molecule has 0 aliphatic carbocycles. The third-order valence-electron chi connectivity index (χ3n) is 0.730. The Labute approximate surface area is 68.5 Å². The molecule has 1 rings (SSSR count). The Hall–Kier alpha value is -1.13. The van der Waals surface area contributed by atoms with Gasteiger partial charge in [-0.3, -0.25) is 0 Å². The molecule has 1 aromatic heterocycles. The number of nitrogens with zero attached hydrogens (tertiary/aromatic N) is 2. The molecule has 0 N–H and O–H groups in total. The van der Waals surface area contributed by atoms with E-state index in [2.05, 4.69) is 9.97 Å². The van der Waals surface area contributed by atoms with Gasteiger partial charge in [-0.05, 0) is 13.0 Å². The van der Waals surface area contributed by atoms with Gasteiger partial charge in [0.1, 0.15) is 6.33 Å². The molecular weight excluding hydrogens is 169 g/mol. The van der Waals surface area contributed by atoms with Crippen LogP contribution in [0.4, 0.5) is 13.2 Å². The van der Waals surface area contributed by atoms with Gasteiger partial charge in [-0.2, -0.15) is 13.2 Å². The fraction of sp³-hybridized carbons (Fsp3) is 0.429. The first-order chi connectivity index (χ1) is 5.39. The Kier molecular flexibility index (Phi) is 4.25. The molecule has 5 heteroatoms. The first kappa shape index (κ1) is 10.9. The Morgan fingerprint density at radius 2 is 1.83 bits per heavy atom. The van der Waals surface area contributed by atoms with Gasteiger partial charge >= 0.3 is 6.18 Å². The molecule has 2 nitrogen and oxygen atoms in total. The molecule has 68 valence electrons. The van der Waals surface area contributed by atoms with Gasteiger partial charge < -0.3 is 0 Å². The van der Waals surface area contributed by atoms with Gasteiger partial charge in [-0.1, -0.05) is 0 Å². The summed E-state index contributed by atoms with van der Waals surface area (Å²) in [5.74, 6) is 0. The fourth-order valence-electron chi connectivity index (χ4n) is 0.357. The Bertz CT molecular complexity index is 202. The summed E-state index contributed by atoms with van der Waals surface area (Å²) in [5.41, 5.74) is 1.01. The molecule has 0 unspecified atom stereocenters. The number of hydrogen-bond acceptors (Lipinski definition) is 2. The van der Waals surface area contributed by atoms with Crippen LogP contribution in [0.1, 0.15) is 12.6 Å². The number of aryl methyl sites for hydroxylation is 1. The minimum absolute atomic E-state index is 0.188. The molecule has 0 radical (unpaired) electrons. The highest BCUT2D eigenvalue weighted by Gasteiger charge is 2.15. The Morgan fingerprint density at radius 3 is 2.00 bits per heavy atom. The first-order valence-corrected chi connectivity index (χ1v) is 3.19. The summed E-state index contributed by atoms with van der Waals surface area (Å²) in [6.07, 6.45) is -0.738. The average molecular weight is 178 g/mol. The molecule has 0 aliphatic heterocycles.